The summed E-state index contributed by atoms with van der Waals surface area (Å²) in [4.78, 5) is 11.6. The summed E-state index contributed by atoms with van der Waals surface area (Å²) in [6, 6.07) is 3.28. The van der Waals surface area contributed by atoms with Crippen molar-refractivity contribution >= 4 is 28.5 Å². The molecule has 0 saturated heterocycles. The molecule has 15 heavy (non-hydrogen) atoms. The van der Waals surface area contributed by atoms with Gasteiger partial charge >= 0.3 is 5.97 Å². The quantitative estimate of drug-likeness (QED) is 0.797. The zero-order chi connectivity index (χ0) is 10.8. The molecule has 0 atom stereocenters. The second kappa shape index (κ2) is 3.90. The van der Waals surface area contributed by atoms with E-state index in [1.807, 2.05) is 0 Å². The number of carbonyl (C=O) groups is 1. The van der Waals surface area contributed by atoms with Crippen molar-refractivity contribution in [1.82, 2.24) is 10.2 Å². The molecule has 0 aliphatic rings. The molecule has 2 aromatic rings. The van der Waals surface area contributed by atoms with E-state index in [1.165, 1.54) is 0 Å². The zero-order valence-electron chi connectivity index (χ0n) is 8.08. The number of ether oxygens (including phenoxy) is 1. The molecule has 2 rings (SSSR count). The van der Waals surface area contributed by atoms with Gasteiger partial charge in [-0.3, -0.25) is 5.10 Å². The van der Waals surface area contributed by atoms with Crippen molar-refractivity contribution in [3.8, 4) is 0 Å². The van der Waals surface area contributed by atoms with E-state index in [0.717, 1.165) is 0 Å². The third-order valence-corrected chi connectivity index (χ3v) is 2.37. The molecule has 0 aliphatic carbocycles. The Labute approximate surface area is 91.2 Å². The van der Waals surface area contributed by atoms with Crippen LogP contribution >= 0.6 is 11.6 Å². The van der Waals surface area contributed by atoms with Crippen LogP contribution in [0.2, 0.25) is 5.02 Å². The maximum atomic E-state index is 11.6. The van der Waals surface area contributed by atoms with Gasteiger partial charge in [-0.25, -0.2) is 4.79 Å². The maximum absolute atomic E-state index is 11.6. The van der Waals surface area contributed by atoms with Crippen LogP contribution in [0, 0.1) is 0 Å². The number of fused-ring (bicyclic) bond motifs is 1. The van der Waals surface area contributed by atoms with Gasteiger partial charge in [-0.15, -0.1) is 0 Å². The van der Waals surface area contributed by atoms with Gasteiger partial charge in [0.1, 0.15) is 0 Å². The number of benzene rings is 1. The molecule has 0 unspecified atom stereocenters. The molecule has 78 valence electrons. The van der Waals surface area contributed by atoms with Crippen LogP contribution < -0.4 is 0 Å². The summed E-state index contributed by atoms with van der Waals surface area (Å²) in [5, 5.41) is 7.80. The molecular weight excluding hydrogens is 216 g/mol. The van der Waals surface area contributed by atoms with E-state index < -0.39 is 0 Å². The lowest BCUT2D eigenvalue weighted by atomic mass is 10.1. The molecule has 0 bridgehead atoms. The second-order valence-corrected chi connectivity index (χ2v) is 3.38. The van der Waals surface area contributed by atoms with Crippen molar-refractivity contribution in [2.24, 2.45) is 0 Å². The normalized spacial score (nSPS) is 10.5. The molecular formula is C10H9ClN2O2. The molecule has 0 spiro atoms. The number of nitrogens with one attached hydrogen (secondary N) is 1. The van der Waals surface area contributed by atoms with Crippen molar-refractivity contribution < 1.29 is 9.53 Å². The Hall–Kier alpha value is -1.55. The van der Waals surface area contributed by atoms with E-state index in [-0.39, 0.29) is 5.97 Å². The van der Waals surface area contributed by atoms with Crippen LogP contribution in [0.25, 0.3) is 10.9 Å². The highest BCUT2D eigenvalue weighted by atomic mass is 35.5. The number of H-pyrrole nitrogens is 1. The Kier molecular flexibility index (Phi) is 2.60. The number of nitrogens with zero attached hydrogens (tertiary/aromatic N) is 1. The van der Waals surface area contributed by atoms with Gasteiger partial charge in [0.2, 0.25) is 0 Å². The van der Waals surface area contributed by atoms with Crippen LogP contribution in [0.5, 0.6) is 0 Å². The number of halogens is 1. The highest BCUT2D eigenvalue weighted by Crippen LogP contribution is 2.24. The zero-order valence-corrected chi connectivity index (χ0v) is 8.84. The first-order chi connectivity index (χ1) is 7.24. The summed E-state index contributed by atoms with van der Waals surface area (Å²) in [6.07, 6.45) is 1.56. The molecule has 0 aliphatic heterocycles. The topological polar surface area (TPSA) is 55.0 Å². The molecule has 1 aromatic carbocycles. The minimum absolute atomic E-state index is 0.348. The van der Waals surface area contributed by atoms with Crippen molar-refractivity contribution in [2.75, 3.05) is 6.61 Å². The number of hydrogen-bond donors (Lipinski definition) is 1. The SMILES string of the molecule is CCOC(=O)c1ccc(Cl)c2[nH]ncc12. The first-order valence-corrected chi connectivity index (χ1v) is 4.90. The van der Waals surface area contributed by atoms with Crippen molar-refractivity contribution in [1.29, 1.82) is 0 Å². The van der Waals surface area contributed by atoms with E-state index in [4.69, 9.17) is 16.3 Å². The lowest BCUT2D eigenvalue weighted by Crippen LogP contribution is -2.04. The smallest absolute Gasteiger partial charge is 0.338 e. The molecule has 0 saturated carbocycles. The monoisotopic (exact) mass is 224 g/mol. The predicted octanol–water partition coefficient (Wildman–Crippen LogP) is 2.39. The Morgan fingerprint density at radius 3 is 3.13 bits per heavy atom. The average Bonchev–Trinajstić information content (AvgIpc) is 2.68. The maximum Gasteiger partial charge on any atom is 0.338 e. The molecule has 0 radical (unpaired) electrons. The highest BCUT2D eigenvalue weighted by Gasteiger charge is 2.13. The third kappa shape index (κ3) is 1.68. The lowest BCUT2D eigenvalue weighted by molar-refractivity contribution is 0.0528. The molecule has 1 N–H and O–H groups in total. The summed E-state index contributed by atoms with van der Waals surface area (Å²) < 4.78 is 4.92. The standard InChI is InChI=1S/C10H9ClN2O2/c1-2-15-10(14)6-3-4-8(11)9-7(6)5-12-13-9/h3-5H,2H2,1H3,(H,12,13). The van der Waals surface area contributed by atoms with E-state index in [1.54, 1.807) is 25.3 Å². The average molecular weight is 225 g/mol. The fraction of sp³-hybridized carbons (Fsp3) is 0.200. The van der Waals surface area contributed by atoms with Gasteiger partial charge in [0, 0.05) is 5.39 Å². The highest BCUT2D eigenvalue weighted by molar-refractivity contribution is 6.35. The minimum Gasteiger partial charge on any atom is -0.462 e. The van der Waals surface area contributed by atoms with E-state index in [9.17, 15) is 4.79 Å². The number of hydrogen-bond acceptors (Lipinski definition) is 3. The number of carbonyl (C=O) groups excluding carboxylic acids is 1. The number of rotatable bonds is 2. The third-order valence-electron chi connectivity index (χ3n) is 2.06. The second-order valence-electron chi connectivity index (χ2n) is 2.97. The number of aromatic amines is 1. The summed E-state index contributed by atoms with van der Waals surface area (Å²) in [5.74, 6) is -0.361. The van der Waals surface area contributed by atoms with Gasteiger partial charge in [0.25, 0.3) is 0 Å². The van der Waals surface area contributed by atoms with Gasteiger partial charge in [0.05, 0.1) is 28.9 Å². The Morgan fingerprint density at radius 2 is 2.40 bits per heavy atom. The molecule has 4 nitrogen and oxygen atoms in total. The Bertz CT molecular complexity index is 507. The Morgan fingerprint density at radius 1 is 1.60 bits per heavy atom. The van der Waals surface area contributed by atoms with E-state index in [2.05, 4.69) is 10.2 Å². The molecule has 0 fully saturated rings. The van der Waals surface area contributed by atoms with Gasteiger partial charge in [-0.1, -0.05) is 11.6 Å². The predicted molar refractivity (Wildman–Crippen MR) is 57.1 cm³/mol. The largest absolute Gasteiger partial charge is 0.462 e. The first-order valence-electron chi connectivity index (χ1n) is 4.52. The molecule has 0 amide bonds. The van der Waals surface area contributed by atoms with E-state index >= 15 is 0 Å². The summed E-state index contributed by atoms with van der Waals surface area (Å²) in [7, 11) is 0. The molecule has 1 aromatic heterocycles. The van der Waals surface area contributed by atoms with Crippen LogP contribution in [0.1, 0.15) is 17.3 Å². The van der Waals surface area contributed by atoms with Crippen molar-refractivity contribution in [3.05, 3.63) is 28.9 Å². The molecule has 5 heteroatoms. The van der Waals surface area contributed by atoms with Gasteiger partial charge in [0.15, 0.2) is 0 Å². The van der Waals surface area contributed by atoms with Gasteiger partial charge < -0.3 is 4.74 Å². The van der Waals surface area contributed by atoms with Crippen LogP contribution in [-0.2, 0) is 4.74 Å². The van der Waals surface area contributed by atoms with E-state index in [0.29, 0.717) is 28.1 Å². The number of esters is 1. The van der Waals surface area contributed by atoms with Crippen molar-refractivity contribution in [3.63, 3.8) is 0 Å². The number of aromatic nitrogens is 2. The van der Waals surface area contributed by atoms with Crippen LogP contribution in [0.15, 0.2) is 18.3 Å². The molecule has 1 heterocycles. The van der Waals surface area contributed by atoms with Gasteiger partial charge in [-0.2, -0.15) is 5.10 Å². The summed E-state index contributed by atoms with van der Waals surface area (Å²) in [5.41, 5.74) is 1.13. The Balaban J connectivity index is 2.57. The lowest BCUT2D eigenvalue weighted by Gasteiger charge is -2.03. The summed E-state index contributed by atoms with van der Waals surface area (Å²) in [6.45, 7) is 2.11. The van der Waals surface area contributed by atoms with Crippen molar-refractivity contribution in [2.45, 2.75) is 6.92 Å². The van der Waals surface area contributed by atoms with Crippen LogP contribution in [0.4, 0.5) is 0 Å². The fourth-order valence-corrected chi connectivity index (χ4v) is 1.60. The summed E-state index contributed by atoms with van der Waals surface area (Å²) >= 11 is 5.93. The van der Waals surface area contributed by atoms with Crippen LogP contribution in [-0.4, -0.2) is 22.8 Å². The van der Waals surface area contributed by atoms with Gasteiger partial charge in [-0.05, 0) is 19.1 Å². The minimum atomic E-state index is -0.361. The van der Waals surface area contributed by atoms with Crippen LogP contribution in [0.3, 0.4) is 0 Å². The first kappa shape index (κ1) is 9.98. The fourth-order valence-electron chi connectivity index (χ4n) is 1.39.